The summed E-state index contributed by atoms with van der Waals surface area (Å²) in [6, 6.07) is -1.63. The van der Waals surface area contributed by atoms with Gasteiger partial charge in [0.1, 0.15) is 12.1 Å². The van der Waals surface area contributed by atoms with Crippen LogP contribution in [0.25, 0.3) is 0 Å². The third kappa shape index (κ3) is 17.5. The first-order valence-corrected chi connectivity index (χ1v) is 19.3. The molecule has 4 atom stereocenters. The smallest absolute Gasteiger partial charge is 0.475 e. The van der Waals surface area contributed by atoms with Crippen LogP contribution in [0.1, 0.15) is 103 Å². The van der Waals surface area contributed by atoms with Gasteiger partial charge in [0, 0.05) is 59.0 Å². The monoisotopic (exact) mass is 764 g/mol. The van der Waals surface area contributed by atoms with Crippen LogP contribution in [-0.2, 0) is 24.0 Å². The molecular formula is C35H63BN9O9-. The van der Waals surface area contributed by atoms with Gasteiger partial charge in [-0.15, -0.1) is 0 Å². The maximum absolute atomic E-state index is 13.0. The Bertz CT molecular complexity index is 1260. The van der Waals surface area contributed by atoms with Gasteiger partial charge >= 0.3 is 7.12 Å². The number of hydrogen-bond acceptors (Lipinski definition) is 11. The fourth-order valence-corrected chi connectivity index (χ4v) is 6.66. The van der Waals surface area contributed by atoms with Crippen LogP contribution in [0.3, 0.4) is 0 Å². The van der Waals surface area contributed by atoms with E-state index in [-0.39, 0.29) is 61.3 Å². The van der Waals surface area contributed by atoms with Crippen molar-refractivity contribution >= 4 is 48.5 Å². The number of carbonyl (C=O) groups is 5. The molecule has 1 heterocycles. The van der Waals surface area contributed by atoms with Crippen LogP contribution in [0.4, 0.5) is 0 Å². The van der Waals surface area contributed by atoms with Crippen molar-refractivity contribution < 1.29 is 44.2 Å². The number of hydrogen-bond donors (Lipinski definition) is 9. The Kier molecular flexibility index (Phi) is 20.9. The summed E-state index contributed by atoms with van der Waals surface area (Å²) in [5, 5.41) is 58.1. The summed E-state index contributed by atoms with van der Waals surface area (Å²) in [6.45, 7) is 2.75. The van der Waals surface area contributed by atoms with Crippen LogP contribution >= 0.6 is 0 Å². The first-order chi connectivity index (χ1) is 25.6. The average Bonchev–Trinajstić information content (AvgIpc) is 3.52. The van der Waals surface area contributed by atoms with E-state index >= 15 is 0 Å². The van der Waals surface area contributed by atoms with Gasteiger partial charge in [-0.25, -0.2) is 0 Å². The predicted molar refractivity (Wildman–Crippen MR) is 201 cm³/mol. The summed E-state index contributed by atoms with van der Waals surface area (Å²) >= 11 is 0. The number of nitrogens with one attached hydrogen (secondary N) is 5. The Morgan fingerprint density at radius 3 is 2.24 bits per heavy atom. The van der Waals surface area contributed by atoms with E-state index in [1.807, 2.05) is 0 Å². The van der Waals surface area contributed by atoms with Gasteiger partial charge in [0.25, 0.3) is 0 Å². The lowest BCUT2D eigenvalue weighted by molar-refractivity contribution is -0.220. The van der Waals surface area contributed by atoms with Gasteiger partial charge in [-0.05, 0) is 95.8 Å². The van der Waals surface area contributed by atoms with Crippen molar-refractivity contribution in [1.82, 2.24) is 31.1 Å². The summed E-state index contributed by atoms with van der Waals surface area (Å²) in [5.74, 6) is -2.63. The molecule has 5 amide bonds. The molecule has 19 heteroatoms. The number of likely N-dealkylation sites (tertiary alicyclic amines) is 1. The number of guanidine groups is 1. The molecule has 2 fully saturated rings. The molecule has 0 aromatic rings. The normalized spacial score (nSPS) is 21.1. The number of amides is 5. The highest BCUT2D eigenvalue weighted by Gasteiger charge is 2.42. The molecule has 0 spiro atoms. The average molecular weight is 765 g/mol. The van der Waals surface area contributed by atoms with Crippen LogP contribution in [0.15, 0.2) is 4.99 Å². The minimum Gasteiger partial charge on any atom is -0.862 e. The first kappa shape index (κ1) is 46.2. The second-order valence-corrected chi connectivity index (χ2v) is 14.7. The second-order valence-electron chi connectivity index (χ2n) is 14.7. The molecule has 54 heavy (non-hydrogen) atoms. The zero-order valence-corrected chi connectivity index (χ0v) is 32.2. The van der Waals surface area contributed by atoms with Gasteiger partial charge in [-0.2, -0.15) is 0 Å². The maximum Gasteiger partial charge on any atom is 0.475 e. The molecule has 0 aromatic heterocycles. The highest BCUT2D eigenvalue weighted by Crippen LogP contribution is 2.29. The molecule has 1 saturated heterocycles. The van der Waals surface area contributed by atoms with Gasteiger partial charge in [0.15, 0.2) is 5.96 Å². The van der Waals surface area contributed by atoms with Gasteiger partial charge in [-0.3, -0.25) is 29.0 Å². The number of β-amino-alcohol motifs (C(OH)–C–C–N with tert-alkyl or cyclic N) is 1. The molecular weight excluding hydrogens is 701 g/mol. The van der Waals surface area contributed by atoms with E-state index in [1.165, 1.54) is 4.90 Å². The minimum absolute atomic E-state index is 0.0235. The molecule has 1 saturated carbocycles. The second kappa shape index (κ2) is 24.4. The van der Waals surface area contributed by atoms with E-state index < -0.39 is 43.1 Å². The summed E-state index contributed by atoms with van der Waals surface area (Å²) in [6.07, 6.45) is 6.32. The molecule has 306 valence electrons. The first-order valence-electron chi connectivity index (χ1n) is 19.3. The Morgan fingerprint density at radius 2 is 1.59 bits per heavy atom. The molecule has 0 bridgehead atoms. The van der Waals surface area contributed by atoms with E-state index in [0.717, 1.165) is 12.8 Å². The molecule has 2 rings (SSSR count). The topological polar surface area (TPSA) is 286 Å². The van der Waals surface area contributed by atoms with Crippen LogP contribution in [0.5, 0.6) is 0 Å². The van der Waals surface area contributed by atoms with Gasteiger partial charge in [-0.1, -0.05) is 6.42 Å². The predicted octanol–water partition coefficient (Wildman–Crippen LogP) is -1.90. The molecule has 2 aliphatic rings. The lowest BCUT2D eigenvalue weighted by Crippen LogP contribution is -2.53. The van der Waals surface area contributed by atoms with Crippen molar-refractivity contribution in [2.24, 2.45) is 22.6 Å². The Balaban J connectivity index is 1.67. The molecule has 10 N–H and O–H groups in total. The molecule has 0 aromatic carbocycles. The van der Waals surface area contributed by atoms with Crippen molar-refractivity contribution in [3.05, 3.63) is 0 Å². The van der Waals surface area contributed by atoms with Crippen LogP contribution in [0, 0.1) is 17.2 Å². The lowest BCUT2D eigenvalue weighted by Gasteiger charge is -2.30. The number of rotatable bonds is 23. The molecule has 0 unspecified atom stereocenters. The van der Waals surface area contributed by atoms with E-state index in [2.05, 4.69) is 26.3 Å². The van der Waals surface area contributed by atoms with E-state index in [9.17, 15) is 44.2 Å². The number of nitrogens with zero attached hydrogens (tertiary/aromatic N) is 3. The molecule has 1 aliphatic carbocycles. The zero-order chi connectivity index (χ0) is 40.2. The van der Waals surface area contributed by atoms with Crippen LogP contribution in [-0.4, -0.2) is 138 Å². The van der Waals surface area contributed by atoms with Crippen LogP contribution < -0.4 is 32.1 Å². The molecule has 18 nitrogen and oxygen atoms in total. The molecule has 0 radical (unpaired) electrons. The SMILES string of the molecule is C[C@@H](NC(=O)C1CCC(CNC(=O)CCCCNC(=O)[C@H](CCCN=C(N)N(C)C)NC(=O)CCCCCC(=N)[O-])CC1)C(=O)N1C[C@@H](O)C[C@H]1B(O)O. The third-order valence-electron chi connectivity index (χ3n) is 9.96. The number of aliphatic hydroxyl groups is 1. The fourth-order valence-electron chi connectivity index (χ4n) is 6.66. The zero-order valence-electron chi connectivity index (χ0n) is 32.2. The summed E-state index contributed by atoms with van der Waals surface area (Å²) in [5.41, 5.74) is 5.83. The van der Waals surface area contributed by atoms with Crippen molar-refractivity contribution in [2.45, 2.75) is 127 Å². The Morgan fingerprint density at radius 1 is 0.944 bits per heavy atom. The van der Waals surface area contributed by atoms with E-state index in [4.69, 9.17) is 11.1 Å². The fraction of sp³-hybridized carbons (Fsp3) is 0.800. The van der Waals surface area contributed by atoms with Gasteiger partial charge in [0.2, 0.25) is 29.5 Å². The van der Waals surface area contributed by atoms with Crippen molar-refractivity contribution in [3.63, 3.8) is 0 Å². The number of nitrogens with two attached hydrogens (primary N) is 1. The van der Waals surface area contributed by atoms with Gasteiger partial charge in [0.05, 0.1) is 12.0 Å². The Labute approximate surface area is 319 Å². The minimum atomic E-state index is -1.78. The standard InChI is InChI=1S/C35H64BN9O9/c1-23(34(52)45-22-26(46)20-28(45)36(53)54)42-32(50)25-16-14-24(15-17-25)21-41-30(48)12-7-8-18-39-33(51)27(10-9-19-40-35(38)44(2)3)43-31(49)13-6-4-5-11-29(37)47/h23-28,46,53-54H,4-22H2,1-3H3,(H2,37,47)(H2,38,40)(H,39,51)(H,41,48)(H,42,50)(H,43,49)/p-1/t23-,24?,25?,26+,27+,28+/m1/s1. The number of aliphatic hydroxyl groups excluding tert-OH is 1. The highest BCUT2D eigenvalue weighted by molar-refractivity contribution is 6.43. The molecule has 1 aliphatic heterocycles. The largest absolute Gasteiger partial charge is 0.862 e. The van der Waals surface area contributed by atoms with E-state index in [0.29, 0.717) is 89.8 Å². The third-order valence-corrected chi connectivity index (χ3v) is 9.96. The van der Waals surface area contributed by atoms with Gasteiger partial charge < -0.3 is 62.5 Å². The highest BCUT2D eigenvalue weighted by atomic mass is 16.4. The van der Waals surface area contributed by atoms with Crippen molar-refractivity contribution in [1.29, 1.82) is 5.41 Å². The Hall–Kier alpha value is -3.97. The maximum atomic E-state index is 13.0. The summed E-state index contributed by atoms with van der Waals surface area (Å²) in [7, 11) is 1.77. The summed E-state index contributed by atoms with van der Waals surface area (Å²) < 4.78 is 0. The number of carbonyl (C=O) groups excluding carboxylic acids is 5. The lowest BCUT2D eigenvalue weighted by atomic mass is 9.77. The van der Waals surface area contributed by atoms with Crippen molar-refractivity contribution in [2.75, 3.05) is 40.3 Å². The summed E-state index contributed by atoms with van der Waals surface area (Å²) in [4.78, 5) is 70.9. The quantitative estimate of drug-likeness (QED) is 0.0240. The number of unbranched alkanes of at least 4 members (excludes halogenated alkanes) is 3. The van der Waals surface area contributed by atoms with Crippen LogP contribution in [0.2, 0.25) is 0 Å². The number of aliphatic imine (C=N–C) groups is 1. The van der Waals surface area contributed by atoms with Crippen molar-refractivity contribution in [3.8, 4) is 0 Å². The van der Waals surface area contributed by atoms with E-state index in [1.54, 1.807) is 25.9 Å².